The van der Waals surface area contributed by atoms with E-state index < -0.39 is 0 Å². The molecule has 0 bridgehead atoms. The van der Waals surface area contributed by atoms with Gasteiger partial charge in [0, 0.05) is 5.02 Å². The molecule has 0 amide bonds. The molecule has 0 saturated heterocycles. The van der Waals surface area contributed by atoms with E-state index in [1.807, 2.05) is 18.2 Å². The Morgan fingerprint density at radius 2 is 1.31 bits per heavy atom. The van der Waals surface area contributed by atoms with Crippen molar-refractivity contribution in [3.8, 4) is 11.1 Å². The van der Waals surface area contributed by atoms with Crippen LogP contribution in [-0.4, -0.2) is 5.43 Å². The van der Waals surface area contributed by atoms with Crippen LogP contribution in [0.5, 0.6) is 0 Å². The van der Waals surface area contributed by atoms with Gasteiger partial charge in [-0.05, 0) is 11.6 Å². The topological polar surface area (TPSA) is 0 Å². The molecule has 0 radical (unpaired) electrons. The predicted molar refractivity (Wildman–Crippen MR) is 128 cm³/mol. The van der Waals surface area contributed by atoms with Crippen molar-refractivity contribution in [2.24, 2.45) is 0 Å². The molecule has 4 rings (SSSR count). The van der Waals surface area contributed by atoms with E-state index in [1.54, 1.807) is 23.3 Å². The van der Waals surface area contributed by atoms with Crippen molar-refractivity contribution < 1.29 is 23.3 Å². The zero-order chi connectivity index (χ0) is 21.6. The van der Waals surface area contributed by atoms with Crippen LogP contribution in [0.15, 0.2) is 66.7 Å². The van der Waals surface area contributed by atoms with Crippen molar-refractivity contribution in [2.45, 2.75) is 40.8 Å². The van der Waals surface area contributed by atoms with Gasteiger partial charge in [-0.3, -0.25) is 0 Å². The third kappa shape index (κ3) is 6.64. The molecule has 0 nitrogen and oxygen atoms in total. The maximum absolute atomic E-state index is 6.22. The molecular weight excluding hydrogens is 467 g/mol. The molecule has 0 atom stereocenters. The average molecular weight is 496 g/mol. The van der Waals surface area contributed by atoms with Gasteiger partial charge in [-0.25, -0.2) is 0 Å². The molecule has 0 fully saturated rings. The van der Waals surface area contributed by atoms with E-state index in [0.29, 0.717) is 0 Å². The number of hydrogen-bond donors (Lipinski definition) is 0. The summed E-state index contributed by atoms with van der Waals surface area (Å²) < 4.78 is 0. The minimum atomic E-state index is 0.210. The Morgan fingerprint density at radius 3 is 1.83 bits per heavy atom. The molecule has 4 aromatic carbocycles. The van der Waals surface area contributed by atoms with Crippen molar-refractivity contribution >= 4 is 27.8 Å². The molecule has 0 heterocycles. The van der Waals surface area contributed by atoms with Crippen LogP contribution in [0.1, 0.15) is 22.3 Å². The first-order chi connectivity index (χ1) is 13.7. The molecule has 0 spiro atoms. The van der Waals surface area contributed by atoms with Crippen LogP contribution < -0.4 is 0 Å². The van der Waals surface area contributed by atoms with Crippen molar-refractivity contribution in [1.82, 2.24) is 0 Å². The summed E-state index contributed by atoms with van der Waals surface area (Å²) in [4.78, 5) is 0. The number of fused-ring (bicyclic) bond motifs is 1. The Labute approximate surface area is 196 Å². The first-order valence-electron chi connectivity index (χ1n) is 9.83. The molecule has 0 saturated carbocycles. The maximum atomic E-state index is 6.22. The molecular formula is C26H29ClSiZr. The summed E-state index contributed by atoms with van der Waals surface area (Å²) in [6.07, 6.45) is 0. The Kier molecular flexibility index (Phi) is 9.34. The molecule has 3 heteroatoms. The summed E-state index contributed by atoms with van der Waals surface area (Å²) >= 11 is 7.95. The molecule has 0 aliphatic carbocycles. The molecule has 0 unspecified atom stereocenters. The molecule has 0 aliphatic rings. The van der Waals surface area contributed by atoms with E-state index in [-0.39, 0.29) is 5.43 Å². The van der Waals surface area contributed by atoms with Crippen molar-refractivity contribution in [3.63, 3.8) is 0 Å². The first kappa shape index (κ1) is 24.1. The summed E-state index contributed by atoms with van der Waals surface area (Å²) in [6, 6.07) is 22.8. The zero-order valence-electron chi connectivity index (χ0n) is 18.2. The maximum Gasteiger partial charge on any atom is 0.0384 e. The fourth-order valence-electron chi connectivity index (χ4n) is 3.20. The van der Waals surface area contributed by atoms with Gasteiger partial charge < -0.3 is 0 Å². The van der Waals surface area contributed by atoms with Crippen molar-refractivity contribution in [2.75, 3.05) is 0 Å². The minimum absolute atomic E-state index is 0.210. The van der Waals surface area contributed by atoms with E-state index in [2.05, 4.69) is 89.3 Å². The van der Waals surface area contributed by atoms with Gasteiger partial charge in [0.2, 0.25) is 0 Å². The molecule has 148 valence electrons. The Morgan fingerprint density at radius 1 is 0.793 bits per heavy atom. The third-order valence-electron chi connectivity index (χ3n) is 5.02. The summed E-state index contributed by atoms with van der Waals surface area (Å²) in [5, 5.41) is 3.33. The zero-order valence-corrected chi connectivity index (χ0v) is 22.4. The largest absolute Gasteiger partial charge is 0.196 e. The van der Waals surface area contributed by atoms with Crippen LogP contribution in [-0.2, 0) is 23.3 Å². The second kappa shape index (κ2) is 11.3. The van der Waals surface area contributed by atoms with Gasteiger partial charge in [-0.15, -0.1) is 46.7 Å². The van der Waals surface area contributed by atoms with Crippen LogP contribution in [0, 0.1) is 27.7 Å². The first-order valence-corrected chi connectivity index (χ1v) is 16.4. The van der Waals surface area contributed by atoms with E-state index in [4.69, 9.17) is 11.6 Å². The summed E-state index contributed by atoms with van der Waals surface area (Å²) in [6.45, 7) is 13.3. The van der Waals surface area contributed by atoms with Gasteiger partial charge in [-0.1, -0.05) is 63.6 Å². The Balaban J connectivity index is 0.000000195. The molecule has 0 aliphatic heterocycles. The van der Waals surface area contributed by atoms with Crippen LogP contribution in [0.2, 0.25) is 18.1 Å². The van der Waals surface area contributed by atoms with Crippen LogP contribution in [0.3, 0.4) is 0 Å². The van der Waals surface area contributed by atoms with Gasteiger partial charge in [0.15, 0.2) is 0 Å². The number of rotatable bonds is 1. The second-order valence-corrected chi connectivity index (χ2v) is 17.4. The van der Waals surface area contributed by atoms with Gasteiger partial charge in [0.05, 0.1) is 0 Å². The fourth-order valence-corrected chi connectivity index (χ4v) is 3.44. The van der Waals surface area contributed by atoms with Crippen LogP contribution in [0.25, 0.3) is 21.9 Å². The molecule has 0 aromatic heterocycles. The van der Waals surface area contributed by atoms with Crippen LogP contribution in [0.4, 0.5) is 0 Å². The minimum Gasteiger partial charge on any atom is -0.196 e. The molecule has 29 heavy (non-hydrogen) atoms. The van der Waals surface area contributed by atoms with Gasteiger partial charge in [-0.2, -0.15) is 28.3 Å². The Hall–Kier alpha value is -1.21. The quantitative estimate of drug-likeness (QED) is 0.184. The third-order valence-corrected chi connectivity index (χ3v) is 5.35. The van der Waals surface area contributed by atoms with E-state index in [9.17, 15) is 0 Å². The summed E-state index contributed by atoms with van der Waals surface area (Å²) in [5.41, 5.74) is 8.27. The Bertz CT molecular complexity index is 1070. The van der Waals surface area contributed by atoms with Gasteiger partial charge >= 0.3 is 41.9 Å². The number of aryl methyl sites for hydroxylation is 2. The normalized spacial score (nSPS) is 10.1. The molecule has 4 aromatic rings. The van der Waals surface area contributed by atoms with Crippen LogP contribution >= 0.6 is 11.6 Å². The van der Waals surface area contributed by atoms with E-state index in [1.165, 1.54) is 38.6 Å². The van der Waals surface area contributed by atoms with E-state index >= 15 is 0 Å². The second-order valence-electron chi connectivity index (χ2n) is 7.57. The monoisotopic (exact) mass is 494 g/mol. The SMILES string of the molecule is C[Si](C)=[Zr+2].Cc1[cH-]c(C)c(C)c1C.Clc1ccccc1-c1c[cH-]c2ccccc12. The van der Waals surface area contributed by atoms with Gasteiger partial charge in [0.1, 0.15) is 0 Å². The van der Waals surface area contributed by atoms with Crippen molar-refractivity contribution in [3.05, 3.63) is 94.0 Å². The summed E-state index contributed by atoms with van der Waals surface area (Å²) in [7, 11) is 0. The molecule has 0 N–H and O–H groups in total. The fraction of sp³-hybridized carbons (Fsp3) is 0.231. The standard InChI is InChI=1S/C15H10Cl.C9H13.C2H6Si.Zr/c16-15-8-4-3-7-14(15)13-10-9-11-5-1-2-6-12(11)13;1-6-5-7(2)9(4)8(6)3;1-3-2;/h1-10H;5H,1-4H3;1-2H3;/q2*-1;;+2. The number of benzene rings is 2. The predicted octanol–water partition coefficient (Wildman–Crippen LogP) is 8.30. The summed E-state index contributed by atoms with van der Waals surface area (Å²) in [5.74, 6) is 0. The number of halogens is 1. The number of hydrogen-bond acceptors (Lipinski definition) is 0. The smallest absolute Gasteiger partial charge is 0.0384 e. The van der Waals surface area contributed by atoms with E-state index in [0.717, 1.165) is 10.6 Å². The van der Waals surface area contributed by atoms with Gasteiger partial charge in [0.25, 0.3) is 0 Å². The average Bonchev–Trinajstić information content (AvgIpc) is 3.19. The van der Waals surface area contributed by atoms with Crippen molar-refractivity contribution in [1.29, 1.82) is 0 Å².